The van der Waals surface area contributed by atoms with Crippen molar-refractivity contribution in [1.29, 1.82) is 0 Å². The Kier molecular flexibility index (Phi) is 8.16. The van der Waals surface area contributed by atoms with Crippen molar-refractivity contribution in [1.82, 2.24) is 10.2 Å². The van der Waals surface area contributed by atoms with E-state index in [0.29, 0.717) is 18.9 Å². The van der Waals surface area contributed by atoms with Gasteiger partial charge in [0.25, 0.3) is 0 Å². The summed E-state index contributed by atoms with van der Waals surface area (Å²) in [4.78, 5) is 23.8. The Morgan fingerprint density at radius 3 is 2.28 bits per heavy atom. The molecule has 0 heterocycles. The Labute approximate surface area is 110 Å². The van der Waals surface area contributed by atoms with Crippen molar-refractivity contribution < 1.29 is 14.7 Å². The van der Waals surface area contributed by atoms with Gasteiger partial charge in [-0.2, -0.15) is 0 Å². The lowest BCUT2D eigenvalue weighted by Gasteiger charge is -2.28. The van der Waals surface area contributed by atoms with Gasteiger partial charge in [-0.15, -0.1) is 0 Å². The summed E-state index contributed by atoms with van der Waals surface area (Å²) in [6.45, 7) is 6.80. The number of aliphatic carboxylic acids is 1. The van der Waals surface area contributed by atoms with Gasteiger partial charge in [-0.25, -0.2) is 4.79 Å². The van der Waals surface area contributed by atoms with Gasteiger partial charge >= 0.3 is 12.0 Å². The van der Waals surface area contributed by atoms with E-state index in [1.165, 1.54) is 0 Å². The summed E-state index contributed by atoms with van der Waals surface area (Å²) in [5.41, 5.74) is 0. The van der Waals surface area contributed by atoms with Crippen molar-refractivity contribution in [3.05, 3.63) is 0 Å². The van der Waals surface area contributed by atoms with Crippen molar-refractivity contribution in [3.63, 3.8) is 0 Å². The first-order valence-corrected chi connectivity index (χ1v) is 6.58. The number of unbranched alkanes of at least 4 members (excludes halogenated alkanes) is 2. The van der Waals surface area contributed by atoms with Crippen molar-refractivity contribution >= 4 is 12.0 Å². The molecule has 0 saturated carbocycles. The molecular formula is C13H26N2O3. The number of rotatable bonds is 8. The summed E-state index contributed by atoms with van der Waals surface area (Å²) in [5.74, 6) is -0.333. The fraction of sp³-hybridized carbons (Fsp3) is 0.846. The molecule has 0 rings (SSSR count). The lowest BCUT2D eigenvalue weighted by atomic mass is 10.1. The quantitative estimate of drug-likeness (QED) is 0.656. The number of carbonyl (C=O) groups excluding carboxylic acids is 1. The van der Waals surface area contributed by atoms with Gasteiger partial charge < -0.3 is 15.3 Å². The summed E-state index contributed by atoms with van der Waals surface area (Å²) >= 11 is 0. The van der Waals surface area contributed by atoms with Crippen LogP contribution in [0.1, 0.15) is 46.5 Å². The fourth-order valence-electron chi connectivity index (χ4n) is 1.53. The number of carbonyl (C=O) groups is 2. The van der Waals surface area contributed by atoms with Gasteiger partial charge in [0.05, 0.1) is 0 Å². The maximum absolute atomic E-state index is 11.8. The van der Waals surface area contributed by atoms with Crippen molar-refractivity contribution in [2.24, 2.45) is 5.92 Å². The van der Waals surface area contributed by atoms with Gasteiger partial charge in [0.1, 0.15) is 0 Å². The molecule has 0 bridgehead atoms. The van der Waals surface area contributed by atoms with Crippen LogP contribution in [0.15, 0.2) is 0 Å². The lowest BCUT2D eigenvalue weighted by Crippen LogP contribution is -2.44. The predicted octanol–water partition coefficient (Wildman–Crippen LogP) is 2.32. The van der Waals surface area contributed by atoms with E-state index in [4.69, 9.17) is 5.11 Å². The second-order valence-electron chi connectivity index (χ2n) is 5.03. The molecule has 2 N–H and O–H groups in total. The molecule has 1 atom stereocenters. The van der Waals surface area contributed by atoms with Gasteiger partial charge in [0.15, 0.2) is 0 Å². The van der Waals surface area contributed by atoms with Crippen LogP contribution in [0.2, 0.25) is 0 Å². The summed E-state index contributed by atoms with van der Waals surface area (Å²) in [6, 6.07) is 0.145. The summed E-state index contributed by atoms with van der Waals surface area (Å²) in [6.07, 6.45) is 2.53. The molecule has 0 aromatic carbocycles. The van der Waals surface area contributed by atoms with Gasteiger partial charge in [-0.1, -0.05) is 20.3 Å². The molecule has 0 aliphatic rings. The third-order valence-electron chi connectivity index (χ3n) is 3.24. The smallest absolute Gasteiger partial charge is 0.317 e. The molecule has 2 amide bonds. The maximum Gasteiger partial charge on any atom is 0.317 e. The Morgan fingerprint density at radius 2 is 1.78 bits per heavy atom. The molecule has 5 nitrogen and oxygen atoms in total. The van der Waals surface area contributed by atoms with Crippen LogP contribution in [0.5, 0.6) is 0 Å². The third-order valence-corrected chi connectivity index (χ3v) is 3.24. The molecule has 1 unspecified atom stereocenters. The highest BCUT2D eigenvalue weighted by atomic mass is 16.4. The Hall–Kier alpha value is -1.26. The molecular weight excluding hydrogens is 232 g/mol. The minimum atomic E-state index is -0.760. The van der Waals surface area contributed by atoms with Crippen LogP contribution in [-0.2, 0) is 4.79 Å². The van der Waals surface area contributed by atoms with Crippen molar-refractivity contribution in [2.75, 3.05) is 13.6 Å². The second kappa shape index (κ2) is 8.78. The van der Waals surface area contributed by atoms with Crippen LogP contribution in [0.3, 0.4) is 0 Å². The molecule has 0 saturated heterocycles. The van der Waals surface area contributed by atoms with Gasteiger partial charge in [-0.05, 0) is 25.7 Å². The molecule has 0 aliphatic heterocycles. The monoisotopic (exact) mass is 258 g/mol. The first-order chi connectivity index (χ1) is 8.36. The van der Waals surface area contributed by atoms with E-state index < -0.39 is 5.97 Å². The molecule has 0 radical (unpaired) electrons. The third kappa shape index (κ3) is 7.14. The van der Waals surface area contributed by atoms with E-state index in [9.17, 15) is 9.59 Å². The molecule has 0 aromatic rings. The van der Waals surface area contributed by atoms with Crippen LogP contribution < -0.4 is 5.32 Å². The number of carboxylic acids is 1. The second-order valence-corrected chi connectivity index (χ2v) is 5.03. The summed E-state index contributed by atoms with van der Waals surface area (Å²) < 4.78 is 0. The number of nitrogens with zero attached hydrogens (tertiary/aromatic N) is 1. The average molecular weight is 258 g/mol. The molecule has 106 valence electrons. The van der Waals surface area contributed by atoms with Crippen LogP contribution in [0.4, 0.5) is 4.79 Å². The molecule has 0 spiro atoms. The number of urea groups is 1. The first-order valence-electron chi connectivity index (χ1n) is 6.58. The predicted molar refractivity (Wildman–Crippen MR) is 71.6 cm³/mol. The molecule has 0 aliphatic carbocycles. The minimum Gasteiger partial charge on any atom is -0.481 e. The topological polar surface area (TPSA) is 69.6 Å². The first kappa shape index (κ1) is 16.7. The van der Waals surface area contributed by atoms with E-state index in [1.807, 2.05) is 6.92 Å². The van der Waals surface area contributed by atoms with Crippen LogP contribution in [0.25, 0.3) is 0 Å². The van der Waals surface area contributed by atoms with E-state index in [2.05, 4.69) is 19.2 Å². The van der Waals surface area contributed by atoms with E-state index in [1.54, 1.807) is 11.9 Å². The number of amides is 2. The highest BCUT2D eigenvalue weighted by Crippen LogP contribution is 2.07. The zero-order valence-corrected chi connectivity index (χ0v) is 11.9. The number of hydrogen-bond donors (Lipinski definition) is 2. The largest absolute Gasteiger partial charge is 0.481 e. The normalized spacial score (nSPS) is 12.3. The van der Waals surface area contributed by atoms with E-state index >= 15 is 0 Å². The SMILES string of the molecule is CC(C)C(C)N(C)C(=O)NCCCCCC(=O)O. The Morgan fingerprint density at radius 1 is 1.17 bits per heavy atom. The van der Waals surface area contributed by atoms with Crippen LogP contribution in [0, 0.1) is 5.92 Å². The zero-order valence-electron chi connectivity index (χ0n) is 11.9. The maximum atomic E-state index is 11.8. The Bertz CT molecular complexity index is 267. The van der Waals surface area contributed by atoms with Crippen LogP contribution >= 0.6 is 0 Å². The molecule has 0 aromatic heterocycles. The lowest BCUT2D eigenvalue weighted by molar-refractivity contribution is -0.137. The molecule has 5 heteroatoms. The molecule has 0 fully saturated rings. The Balaban J connectivity index is 3.67. The van der Waals surface area contributed by atoms with Gasteiger partial charge in [0.2, 0.25) is 0 Å². The van der Waals surface area contributed by atoms with Gasteiger partial charge in [0, 0.05) is 26.1 Å². The van der Waals surface area contributed by atoms with E-state index in [-0.39, 0.29) is 18.5 Å². The summed E-state index contributed by atoms with van der Waals surface area (Å²) in [7, 11) is 1.80. The highest BCUT2D eigenvalue weighted by molar-refractivity contribution is 5.74. The number of hydrogen-bond acceptors (Lipinski definition) is 2. The highest BCUT2D eigenvalue weighted by Gasteiger charge is 2.17. The average Bonchev–Trinajstić information content (AvgIpc) is 2.30. The van der Waals surface area contributed by atoms with Crippen molar-refractivity contribution in [2.45, 2.75) is 52.5 Å². The molecule has 18 heavy (non-hydrogen) atoms. The standard InChI is InChI=1S/C13H26N2O3/c1-10(2)11(3)15(4)13(18)14-9-7-5-6-8-12(16)17/h10-11H,5-9H2,1-4H3,(H,14,18)(H,16,17). The minimum absolute atomic E-state index is 0.0607. The zero-order chi connectivity index (χ0) is 14.1. The number of nitrogens with one attached hydrogen (secondary N) is 1. The number of carboxylic acid groups (broad SMARTS) is 1. The van der Waals surface area contributed by atoms with Crippen LogP contribution in [-0.4, -0.2) is 41.6 Å². The van der Waals surface area contributed by atoms with Crippen molar-refractivity contribution in [3.8, 4) is 0 Å². The van der Waals surface area contributed by atoms with Gasteiger partial charge in [-0.3, -0.25) is 4.79 Å². The summed E-state index contributed by atoms with van der Waals surface area (Å²) in [5, 5.41) is 11.3. The van der Waals surface area contributed by atoms with E-state index in [0.717, 1.165) is 12.8 Å². The fourth-order valence-corrected chi connectivity index (χ4v) is 1.53.